The number of rotatable bonds is 5. The molecule has 1 aliphatic heterocycles. The number of hydrogen-bond donors (Lipinski definition) is 1. The van der Waals surface area contributed by atoms with Gasteiger partial charge in [0.1, 0.15) is 5.82 Å². The molecule has 0 aromatic carbocycles. The highest BCUT2D eigenvalue weighted by atomic mass is 32.2. The van der Waals surface area contributed by atoms with Gasteiger partial charge in [0.05, 0.1) is 5.60 Å². The topological polar surface area (TPSA) is 47.0 Å². The molecule has 3 rings (SSSR count). The number of methoxy groups -OCH3 is 1. The molecule has 1 aromatic heterocycles. The highest BCUT2D eigenvalue weighted by molar-refractivity contribution is 7.99. The van der Waals surface area contributed by atoms with Crippen LogP contribution in [0.15, 0.2) is 0 Å². The number of hydrogen-bond acceptors (Lipinski definition) is 6. The molecule has 1 saturated heterocycles. The molecule has 1 N–H and O–H groups in total. The van der Waals surface area contributed by atoms with Crippen LogP contribution in [-0.4, -0.2) is 40.1 Å². The first kappa shape index (κ1) is 12.7. The second kappa shape index (κ2) is 5.35. The smallest absolute Gasteiger partial charge is 0.202 e. The molecule has 2 heterocycles. The van der Waals surface area contributed by atoms with Crippen molar-refractivity contribution >= 4 is 28.4 Å². The maximum absolute atomic E-state index is 5.75. The Kier molecular flexibility index (Phi) is 3.77. The normalized spacial score (nSPS) is 22.9. The highest BCUT2D eigenvalue weighted by Gasteiger charge is 2.33. The van der Waals surface area contributed by atoms with Gasteiger partial charge in [0, 0.05) is 31.1 Å². The minimum atomic E-state index is -0.00331. The highest BCUT2D eigenvalue weighted by Crippen LogP contribution is 2.39. The summed E-state index contributed by atoms with van der Waals surface area (Å²) in [5.74, 6) is 4.06. The largest absolute Gasteiger partial charge is 0.376 e. The van der Waals surface area contributed by atoms with Gasteiger partial charge in [-0.2, -0.15) is 16.1 Å². The lowest BCUT2D eigenvalue weighted by atomic mass is 9.96. The third-order valence-electron chi connectivity index (χ3n) is 3.78. The summed E-state index contributed by atoms with van der Waals surface area (Å²) in [6.45, 7) is 0.851. The third kappa shape index (κ3) is 2.81. The second-order valence-corrected chi connectivity index (χ2v) is 7.06. The molecule has 2 aliphatic rings. The van der Waals surface area contributed by atoms with Gasteiger partial charge in [-0.1, -0.05) is 0 Å². The monoisotopic (exact) mass is 285 g/mol. The molecule has 0 bridgehead atoms. The molecule has 6 heteroatoms. The fourth-order valence-corrected chi connectivity index (χ4v) is 4.12. The minimum absolute atomic E-state index is 0.00331. The van der Waals surface area contributed by atoms with E-state index in [4.69, 9.17) is 4.74 Å². The van der Waals surface area contributed by atoms with Crippen molar-refractivity contribution in [3.05, 3.63) is 5.82 Å². The molecule has 0 atom stereocenters. The lowest BCUT2D eigenvalue weighted by molar-refractivity contribution is -0.00548. The van der Waals surface area contributed by atoms with Crippen molar-refractivity contribution < 1.29 is 4.74 Å². The molecule has 100 valence electrons. The molecule has 1 aromatic rings. The summed E-state index contributed by atoms with van der Waals surface area (Å²) in [5.41, 5.74) is -0.00331. The molecule has 4 nitrogen and oxygen atoms in total. The fraction of sp³-hybridized carbons (Fsp3) is 0.833. The Hall–Kier alpha value is -0.330. The number of anilines is 1. The molecule has 0 amide bonds. The first-order valence-electron chi connectivity index (χ1n) is 6.52. The van der Waals surface area contributed by atoms with Crippen LogP contribution in [0.25, 0.3) is 0 Å². The van der Waals surface area contributed by atoms with Crippen LogP contribution >= 0.6 is 23.3 Å². The van der Waals surface area contributed by atoms with Crippen LogP contribution in [0, 0.1) is 0 Å². The summed E-state index contributed by atoms with van der Waals surface area (Å²) in [6, 6.07) is 0. The molecular formula is C12H19N3OS2. The van der Waals surface area contributed by atoms with Gasteiger partial charge in [-0.05, 0) is 37.2 Å². The van der Waals surface area contributed by atoms with Crippen LogP contribution in [0.5, 0.6) is 0 Å². The summed E-state index contributed by atoms with van der Waals surface area (Å²) in [7, 11) is 1.83. The number of thioether (sulfide) groups is 1. The SMILES string of the molecule is COC1(CNc2nc(C3CC3)ns2)CCSCC1. The molecule has 18 heavy (non-hydrogen) atoms. The van der Waals surface area contributed by atoms with Gasteiger partial charge in [0.2, 0.25) is 5.13 Å². The molecule has 0 unspecified atom stereocenters. The van der Waals surface area contributed by atoms with Gasteiger partial charge in [0.25, 0.3) is 0 Å². The lowest BCUT2D eigenvalue weighted by Gasteiger charge is -2.35. The van der Waals surface area contributed by atoms with E-state index in [0.717, 1.165) is 30.3 Å². The van der Waals surface area contributed by atoms with E-state index in [0.29, 0.717) is 5.92 Å². The zero-order valence-corrected chi connectivity index (χ0v) is 12.3. The number of nitrogens with one attached hydrogen (secondary N) is 1. The molecule has 0 radical (unpaired) electrons. The quantitative estimate of drug-likeness (QED) is 0.901. The summed E-state index contributed by atoms with van der Waals surface area (Å²) >= 11 is 3.50. The summed E-state index contributed by atoms with van der Waals surface area (Å²) in [6.07, 6.45) is 4.76. The Bertz CT molecular complexity index is 400. The van der Waals surface area contributed by atoms with Crippen molar-refractivity contribution in [2.24, 2.45) is 0 Å². The average Bonchev–Trinajstić information content (AvgIpc) is 3.17. The van der Waals surface area contributed by atoms with Crippen LogP contribution in [0.3, 0.4) is 0 Å². The first-order chi connectivity index (χ1) is 8.81. The van der Waals surface area contributed by atoms with Gasteiger partial charge in [0.15, 0.2) is 0 Å². The average molecular weight is 285 g/mol. The minimum Gasteiger partial charge on any atom is -0.376 e. The lowest BCUT2D eigenvalue weighted by Crippen LogP contribution is -2.42. The van der Waals surface area contributed by atoms with Crippen LogP contribution in [-0.2, 0) is 4.74 Å². The predicted molar refractivity (Wildman–Crippen MR) is 76.7 cm³/mol. The zero-order valence-electron chi connectivity index (χ0n) is 10.6. The van der Waals surface area contributed by atoms with Gasteiger partial charge < -0.3 is 10.1 Å². The van der Waals surface area contributed by atoms with E-state index in [1.54, 1.807) is 0 Å². The summed E-state index contributed by atoms with van der Waals surface area (Å²) in [5, 5.41) is 4.37. The van der Waals surface area contributed by atoms with Gasteiger partial charge in [-0.25, -0.2) is 4.98 Å². The van der Waals surface area contributed by atoms with Gasteiger partial charge in [-0.3, -0.25) is 0 Å². The molecule has 1 saturated carbocycles. The van der Waals surface area contributed by atoms with Crippen LogP contribution in [0.1, 0.15) is 37.4 Å². The fourth-order valence-electron chi connectivity index (χ4n) is 2.25. The van der Waals surface area contributed by atoms with Crippen LogP contribution in [0.2, 0.25) is 0 Å². The molecular weight excluding hydrogens is 266 g/mol. The Morgan fingerprint density at radius 3 is 2.83 bits per heavy atom. The van der Waals surface area contributed by atoms with Crippen LogP contribution < -0.4 is 5.32 Å². The second-order valence-electron chi connectivity index (χ2n) is 5.09. The maximum atomic E-state index is 5.75. The third-order valence-corrected chi connectivity index (χ3v) is 5.46. The van der Waals surface area contributed by atoms with E-state index in [1.165, 1.54) is 35.9 Å². The van der Waals surface area contributed by atoms with Crippen molar-refractivity contribution in [1.29, 1.82) is 0 Å². The number of ether oxygens (including phenoxy) is 1. The Labute approximate surface area is 116 Å². The molecule has 0 spiro atoms. The number of aromatic nitrogens is 2. The summed E-state index contributed by atoms with van der Waals surface area (Å²) < 4.78 is 10.2. The standard InChI is InChI=1S/C12H19N3OS2/c1-16-12(4-6-17-7-5-12)8-13-11-14-10(15-18-11)9-2-3-9/h9H,2-8H2,1H3,(H,13,14,15). The van der Waals surface area contributed by atoms with E-state index in [2.05, 4.69) is 14.7 Å². The van der Waals surface area contributed by atoms with Gasteiger partial charge in [-0.15, -0.1) is 0 Å². The van der Waals surface area contributed by atoms with E-state index < -0.39 is 0 Å². The Morgan fingerprint density at radius 1 is 1.39 bits per heavy atom. The summed E-state index contributed by atoms with van der Waals surface area (Å²) in [4.78, 5) is 4.56. The van der Waals surface area contributed by atoms with E-state index in [-0.39, 0.29) is 5.60 Å². The van der Waals surface area contributed by atoms with Crippen molar-refractivity contribution in [1.82, 2.24) is 9.36 Å². The predicted octanol–water partition coefficient (Wildman–Crippen LogP) is 2.74. The van der Waals surface area contributed by atoms with Crippen LogP contribution in [0.4, 0.5) is 5.13 Å². The molecule has 1 aliphatic carbocycles. The van der Waals surface area contributed by atoms with Gasteiger partial charge >= 0.3 is 0 Å². The van der Waals surface area contributed by atoms with Crippen molar-refractivity contribution in [3.8, 4) is 0 Å². The van der Waals surface area contributed by atoms with E-state index in [1.807, 2.05) is 18.9 Å². The first-order valence-corrected chi connectivity index (χ1v) is 8.44. The van der Waals surface area contributed by atoms with Crippen molar-refractivity contribution in [3.63, 3.8) is 0 Å². The maximum Gasteiger partial charge on any atom is 0.202 e. The van der Waals surface area contributed by atoms with E-state index in [9.17, 15) is 0 Å². The molecule has 2 fully saturated rings. The van der Waals surface area contributed by atoms with E-state index >= 15 is 0 Å². The van der Waals surface area contributed by atoms with Crippen molar-refractivity contribution in [2.45, 2.75) is 37.2 Å². The van der Waals surface area contributed by atoms with Crippen molar-refractivity contribution in [2.75, 3.05) is 30.5 Å². The Morgan fingerprint density at radius 2 is 2.17 bits per heavy atom. The number of nitrogens with zero attached hydrogens (tertiary/aromatic N) is 2. The Balaban J connectivity index is 1.57. The zero-order chi connectivity index (χ0) is 12.4.